The second-order valence-electron chi connectivity index (χ2n) is 5.58. The minimum Gasteiger partial charge on any atom is -0.384 e. The molecule has 0 bridgehead atoms. The van der Waals surface area contributed by atoms with Gasteiger partial charge in [-0.1, -0.05) is 72.8 Å². The predicted molar refractivity (Wildman–Crippen MR) is 92.0 cm³/mol. The van der Waals surface area contributed by atoms with E-state index in [1.165, 1.54) is 10.8 Å². The second kappa shape index (κ2) is 5.28. The number of benzene rings is 4. The van der Waals surface area contributed by atoms with E-state index in [0.29, 0.717) is 0 Å². The van der Waals surface area contributed by atoms with Crippen LogP contribution in [0.4, 0.5) is 0 Å². The molecule has 0 aliphatic carbocycles. The zero-order valence-electron chi connectivity index (χ0n) is 12.1. The van der Waals surface area contributed by atoms with Crippen LogP contribution in [0.5, 0.6) is 0 Å². The van der Waals surface area contributed by atoms with Crippen LogP contribution in [-0.2, 0) is 0 Å². The van der Waals surface area contributed by atoms with Gasteiger partial charge < -0.3 is 5.11 Å². The molecule has 0 spiro atoms. The fourth-order valence-electron chi connectivity index (χ4n) is 3.04. The largest absolute Gasteiger partial charge is 0.384 e. The van der Waals surface area contributed by atoms with Crippen molar-refractivity contribution < 1.29 is 5.11 Å². The van der Waals surface area contributed by atoms with E-state index < -0.39 is 6.10 Å². The molecule has 4 aromatic carbocycles. The minimum absolute atomic E-state index is 0.605. The monoisotopic (exact) mass is 284 g/mol. The first kappa shape index (κ1) is 13.1. The Labute approximate surface area is 129 Å². The molecule has 0 heterocycles. The third-order valence-electron chi connectivity index (χ3n) is 4.19. The number of fused-ring (bicyclic) bond motifs is 2. The molecule has 106 valence electrons. The topological polar surface area (TPSA) is 20.2 Å². The van der Waals surface area contributed by atoms with E-state index in [1.54, 1.807) is 0 Å². The van der Waals surface area contributed by atoms with Crippen molar-refractivity contribution in [1.29, 1.82) is 0 Å². The number of rotatable bonds is 2. The van der Waals surface area contributed by atoms with E-state index in [4.69, 9.17) is 0 Å². The summed E-state index contributed by atoms with van der Waals surface area (Å²) in [5.41, 5.74) is 1.87. The van der Waals surface area contributed by atoms with Crippen molar-refractivity contribution in [1.82, 2.24) is 0 Å². The van der Waals surface area contributed by atoms with E-state index in [9.17, 15) is 5.11 Å². The van der Waals surface area contributed by atoms with Crippen molar-refractivity contribution in [2.45, 2.75) is 6.10 Å². The highest BCUT2D eigenvalue weighted by atomic mass is 16.3. The Hall–Kier alpha value is -2.64. The zero-order chi connectivity index (χ0) is 14.9. The van der Waals surface area contributed by atoms with Crippen LogP contribution < -0.4 is 0 Å². The molecule has 0 saturated carbocycles. The Morgan fingerprint density at radius 1 is 0.591 bits per heavy atom. The molecule has 1 heteroatoms. The van der Waals surface area contributed by atoms with Crippen molar-refractivity contribution in [3.63, 3.8) is 0 Å². The molecule has 0 saturated heterocycles. The predicted octanol–water partition coefficient (Wildman–Crippen LogP) is 5.07. The number of hydrogen-bond acceptors (Lipinski definition) is 1. The van der Waals surface area contributed by atoms with Gasteiger partial charge in [-0.2, -0.15) is 0 Å². The average molecular weight is 284 g/mol. The van der Waals surface area contributed by atoms with E-state index in [-0.39, 0.29) is 0 Å². The highest BCUT2D eigenvalue weighted by Crippen LogP contribution is 2.31. The minimum atomic E-state index is -0.605. The molecule has 4 aromatic rings. The molecule has 0 fully saturated rings. The molecule has 1 atom stereocenters. The number of aliphatic hydroxyl groups excluding tert-OH is 1. The van der Waals surface area contributed by atoms with E-state index in [0.717, 1.165) is 21.9 Å². The van der Waals surface area contributed by atoms with Crippen LogP contribution in [0.1, 0.15) is 17.2 Å². The Bertz CT molecular complexity index is 941. The van der Waals surface area contributed by atoms with Gasteiger partial charge in [0.2, 0.25) is 0 Å². The second-order valence-corrected chi connectivity index (χ2v) is 5.58. The molecule has 22 heavy (non-hydrogen) atoms. The molecule has 1 nitrogen and oxygen atoms in total. The fourth-order valence-corrected chi connectivity index (χ4v) is 3.04. The van der Waals surface area contributed by atoms with Crippen molar-refractivity contribution in [3.05, 3.63) is 96.1 Å². The summed E-state index contributed by atoms with van der Waals surface area (Å²) in [7, 11) is 0. The first-order chi connectivity index (χ1) is 10.8. The summed E-state index contributed by atoms with van der Waals surface area (Å²) in [5.74, 6) is 0. The first-order valence-electron chi connectivity index (χ1n) is 7.47. The van der Waals surface area contributed by atoms with E-state index in [2.05, 4.69) is 36.4 Å². The maximum absolute atomic E-state index is 10.8. The Balaban J connectivity index is 1.96. The van der Waals surface area contributed by atoms with Crippen LogP contribution in [0.2, 0.25) is 0 Å². The molecule has 0 radical (unpaired) electrons. The lowest BCUT2D eigenvalue weighted by molar-refractivity contribution is 0.222. The molecule has 4 rings (SSSR count). The van der Waals surface area contributed by atoms with Gasteiger partial charge in [0, 0.05) is 0 Å². The van der Waals surface area contributed by atoms with Gasteiger partial charge in [-0.15, -0.1) is 0 Å². The maximum Gasteiger partial charge on any atom is 0.105 e. The van der Waals surface area contributed by atoms with Crippen LogP contribution in [-0.4, -0.2) is 5.11 Å². The van der Waals surface area contributed by atoms with Gasteiger partial charge in [0.15, 0.2) is 0 Å². The number of hydrogen-bond donors (Lipinski definition) is 1. The molecule has 1 unspecified atom stereocenters. The fraction of sp³-hybridized carbons (Fsp3) is 0.0476. The van der Waals surface area contributed by atoms with Crippen LogP contribution in [0, 0.1) is 0 Å². The molecule has 0 aliphatic rings. The normalized spacial score (nSPS) is 12.6. The van der Waals surface area contributed by atoms with Gasteiger partial charge in [0.05, 0.1) is 0 Å². The van der Waals surface area contributed by atoms with Gasteiger partial charge in [0.1, 0.15) is 6.10 Å². The quantitative estimate of drug-likeness (QED) is 0.509. The molecule has 0 aromatic heterocycles. The lowest BCUT2D eigenvalue weighted by atomic mass is 9.94. The van der Waals surface area contributed by atoms with Crippen molar-refractivity contribution in [2.24, 2.45) is 0 Å². The van der Waals surface area contributed by atoms with Gasteiger partial charge in [-0.3, -0.25) is 0 Å². The first-order valence-corrected chi connectivity index (χ1v) is 7.47. The van der Waals surface area contributed by atoms with Crippen LogP contribution in [0.3, 0.4) is 0 Å². The van der Waals surface area contributed by atoms with Gasteiger partial charge in [-0.05, 0) is 44.8 Å². The smallest absolute Gasteiger partial charge is 0.105 e. The average Bonchev–Trinajstić information content (AvgIpc) is 2.59. The standard InChI is InChI=1S/C21H16O/c22-21(15-7-2-1-3-8-15)19-12-6-11-18-13-16-9-4-5-10-17(16)14-20(18)19/h1-14,21-22H. The van der Waals surface area contributed by atoms with Crippen molar-refractivity contribution in [2.75, 3.05) is 0 Å². The highest BCUT2D eigenvalue weighted by Gasteiger charge is 2.13. The van der Waals surface area contributed by atoms with Crippen LogP contribution >= 0.6 is 0 Å². The molecule has 0 aliphatic heterocycles. The van der Waals surface area contributed by atoms with Gasteiger partial charge in [0.25, 0.3) is 0 Å². The summed E-state index contributed by atoms with van der Waals surface area (Å²) >= 11 is 0. The van der Waals surface area contributed by atoms with Crippen LogP contribution in [0.25, 0.3) is 21.5 Å². The third-order valence-corrected chi connectivity index (χ3v) is 4.19. The molecule has 1 N–H and O–H groups in total. The van der Waals surface area contributed by atoms with E-state index >= 15 is 0 Å². The summed E-state index contributed by atoms with van der Waals surface area (Å²) in [6.07, 6.45) is -0.605. The van der Waals surface area contributed by atoms with E-state index in [1.807, 2.05) is 48.5 Å². The Kier molecular flexibility index (Phi) is 3.14. The summed E-state index contributed by atoms with van der Waals surface area (Å²) in [6.45, 7) is 0. The molecular formula is C21H16O. The Morgan fingerprint density at radius 3 is 2.00 bits per heavy atom. The van der Waals surface area contributed by atoms with Gasteiger partial charge >= 0.3 is 0 Å². The summed E-state index contributed by atoms with van der Waals surface area (Å²) in [6, 6.07) is 28.6. The highest BCUT2D eigenvalue weighted by molar-refractivity contribution is 5.99. The molecule has 0 amide bonds. The van der Waals surface area contributed by atoms with Crippen LogP contribution in [0.15, 0.2) is 84.9 Å². The lowest BCUT2D eigenvalue weighted by Crippen LogP contribution is -2.00. The van der Waals surface area contributed by atoms with Crippen molar-refractivity contribution in [3.8, 4) is 0 Å². The Morgan fingerprint density at radius 2 is 1.23 bits per heavy atom. The number of aliphatic hydroxyl groups is 1. The summed E-state index contributed by atoms with van der Waals surface area (Å²) in [5, 5.41) is 15.4. The van der Waals surface area contributed by atoms with Gasteiger partial charge in [-0.25, -0.2) is 0 Å². The zero-order valence-corrected chi connectivity index (χ0v) is 12.1. The lowest BCUT2D eigenvalue weighted by Gasteiger charge is -2.15. The van der Waals surface area contributed by atoms with Crippen molar-refractivity contribution >= 4 is 21.5 Å². The molecular weight excluding hydrogens is 268 g/mol. The third kappa shape index (κ3) is 2.16. The maximum atomic E-state index is 10.8. The SMILES string of the molecule is OC(c1ccccc1)c1cccc2cc3ccccc3cc12. The summed E-state index contributed by atoms with van der Waals surface area (Å²) in [4.78, 5) is 0. The summed E-state index contributed by atoms with van der Waals surface area (Å²) < 4.78 is 0.